The van der Waals surface area contributed by atoms with Crippen LogP contribution in [0, 0.1) is 0 Å². The van der Waals surface area contributed by atoms with Crippen molar-refractivity contribution in [3.8, 4) is 33.6 Å². The van der Waals surface area contributed by atoms with Gasteiger partial charge in [0.15, 0.2) is 0 Å². The van der Waals surface area contributed by atoms with Gasteiger partial charge in [0, 0.05) is 43.7 Å². The average Bonchev–Trinajstić information content (AvgIpc) is 3.76. The van der Waals surface area contributed by atoms with Crippen molar-refractivity contribution in [2.75, 3.05) is 0 Å². The predicted molar refractivity (Wildman–Crippen MR) is 237 cm³/mol. The highest BCUT2D eigenvalue weighted by atomic mass is 15.0. The Labute approximate surface area is 327 Å². The SMILES string of the molecule is CC1(C)c2ccc3c(c2C(C)(C)c2ccc4c(c21)c1ccccc1n4-c1ccc(-c2ccccc2)cc1)c1ccccc1n3-c1cccc(-c2ccccc2)c1. The number of aromatic nitrogens is 2. The fourth-order valence-corrected chi connectivity index (χ4v) is 10.2. The summed E-state index contributed by atoms with van der Waals surface area (Å²) in [6, 6.07) is 67.1. The minimum Gasteiger partial charge on any atom is -0.309 e. The molecule has 11 rings (SSSR count). The zero-order valence-corrected chi connectivity index (χ0v) is 32.2. The van der Waals surface area contributed by atoms with Crippen molar-refractivity contribution in [3.05, 3.63) is 204 Å². The van der Waals surface area contributed by atoms with E-state index in [4.69, 9.17) is 0 Å². The second-order valence-electron chi connectivity index (χ2n) is 16.5. The Morgan fingerprint density at radius 3 is 1.29 bits per heavy atom. The van der Waals surface area contributed by atoms with Crippen LogP contribution in [0.3, 0.4) is 0 Å². The third-order valence-corrected chi connectivity index (χ3v) is 12.7. The van der Waals surface area contributed by atoms with Gasteiger partial charge in [-0.1, -0.05) is 161 Å². The molecule has 0 bridgehead atoms. The third kappa shape index (κ3) is 4.56. The molecule has 0 atom stereocenters. The van der Waals surface area contributed by atoms with Gasteiger partial charge in [-0.3, -0.25) is 0 Å². The molecule has 10 aromatic rings. The van der Waals surface area contributed by atoms with E-state index in [1.54, 1.807) is 0 Å². The summed E-state index contributed by atoms with van der Waals surface area (Å²) in [5.41, 5.74) is 17.4. The molecular formula is C54H42N2. The molecule has 0 aliphatic heterocycles. The van der Waals surface area contributed by atoms with Gasteiger partial charge < -0.3 is 9.13 Å². The molecule has 2 heterocycles. The Hall–Kier alpha value is -6.64. The number of para-hydroxylation sites is 2. The highest BCUT2D eigenvalue weighted by Crippen LogP contribution is 2.56. The molecule has 1 aliphatic carbocycles. The molecule has 268 valence electrons. The van der Waals surface area contributed by atoms with Crippen molar-refractivity contribution in [3.63, 3.8) is 0 Å². The van der Waals surface area contributed by atoms with Gasteiger partial charge in [-0.25, -0.2) is 0 Å². The minimum absolute atomic E-state index is 0.267. The molecule has 0 radical (unpaired) electrons. The van der Waals surface area contributed by atoms with E-state index < -0.39 is 0 Å². The molecule has 2 heteroatoms. The van der Waals surface area contributed by atoms with Crippen LogP contribution in [0.2, 0.25) is 0 Å². The number of fused-ring (bicyclic) bond motifs is 10. The molecule has 2 nitrogen and oxygen atoms in total. The Balaban J connectivity index is 1.15. The maximum Gasteiger partial charge on any atom is 0.0544 e. The van der Waals surface area contributed by atoms with E-state index in [0.717, 1.165) is 0 Å². The summed E-state index contributed by atoms with van der Waals surface area (Å²) in [4.78, 5) is 0. The van der Waals surface area contributed by atoms with Crippen molar-refractivity contribution in [1.82, 2.24) is 9.13 Å². The van der Waals surface area contributed by atoms with E-state index in [1.165, 1.54) is 99.5 Å². The van der Waals surface area contributed by atoms with Gasteiger partial charge in [-0.2, -0.15) is 0 Å². The van der Waals surface area contributed by atoms with Crippen LogP contribution in [0.5, 0.6) is 0 Å². The van der Waals surface area contributed by atoms with Crippen LogP contribution in [0.15, 0.2) is 182 Å². The summed E-state index contributed by atoms with van der Waals surface area (Å²) < 4.78 is 4.95. The normalized spacial score (nSPS) is 14.4. The van der Waals surface area contributed by atoms with E-state index >= 15 is 0 Å². The van der Waals surface area contributed by atoms with Crippen LogP contribution >= 0.6 is 0 Å². The monoisotopic (exact) mass is 718 g/mol. The zero-order chi connectivity index (χ0) is 37.8. The fraction of sp³-hybridized carbons (Fsp3) is 0.111. The zero-order valence-electron chi connectivity index (χ0n) is 32.2. The van der Waals surface area contributed by atoms with E-state index in [0.29, 0.717) is 0 Å². The molecular weight excluding hydrogens is 677 g/mol. The first-order valence-electron chi connectivity index (χ1n) is 19.8. The maximum absolute atomic E-state index is 2.48. The first-order chi connectivity index (χ1) is 27.3. The topological polar surface area (TPSA) is 9.86 Å². The lowest BCUT2D eigenvalue weighted by molar-refractivity contribution is 0.529. The molecule has 0 saturated carbocycles. The van der Waals surface area contributed by atoms with Crippen molar-refractivity contribution >= 4 is 43.6 Å². The van der Waals surface area contributed by atoms with Crippen LogP contribution in [0.1, 0.15) is 49.9 Å². The quantitative estimate of drug-likeness (QED) is 0.171. The lowest BCUT2D eigenvalue weighted by Crippen LogP contribution is -2.37. The smallest absolute Gasteiger partial charge is 0.0544 e. The van der Waals surface area contributed by atoms with E-state index in [1.807, 2.05) is 0 Å². The second-order valence-corrected chi connectivity index (χ2v) is 16.5. The number of hydrogen-bond acceptors (Lipinski definition) is 0. The standard InChI is InChI=1S/C54H42N2/c1-53(2)44-31-33-48-50(42-23-12-14-25-46(42)56(48)40-21-15-20-38(34-40)36-18-9-6-10-19-36)52(44)54(3,4)43-30-32-47-49(51(43)53)41-22-11-13-24-45(41)55(47)39-28-26-37(27-29-39)35-16-7-5-8-17-35/h5-34H,1-4H3. The van der Waals surface area contributed by atoms with Crippen molar-refractivity contribution in [2.24, 2.45) is 0 Å². The summed E-state index contributed by atoms with van der Waals surface area (Å²) in [5.74, 6) is 0. The lowest BCUT2D eigenvalue weighted by Gasteiger charge is -2.45. The van der Waals surface area contributed by atoms with Crippen LogP contribution in [0.25, 0.3) is 77.2 Å². The van der Waals surface area contributed by atoms with Gasteiger partial charge in [0.25, 0.3) is 0 Å². The molecule has 0 N–H and O–H groups in total. The fourth-order valence-electron chi connectivity index (χ4n) is 10.2. The van der Waals surface area contributed by atoms with Crippen molar-refractivity contribution in [2.45, 2.75) is 38.5 Å². The van der Waals surface area contributed by atoms with Crippen LogP contribution < -0.4 is 0 Å². The Morgan fingerprint density at radius 2 is 0.750 bits per heavy atom. The van der Waals surface area contributed by atoms with Gasteiger partial charge >= 0.3 is 0 Å². The number of rotatable bonds is 4. The minimum atomic E-state index is -0.269. The van der Waals surface area contributed by atoms with Gasteiger partial charge in [0.05, 0.1) is 22.1 Å². The highest BCUT2D eigenvalue weighted by molar-refractivity contribution is 6.15. The van der Waals surface area contributed by atoms with Gasteiger partial charge in [-0.15, -0.1) is 0 Å². The van der Waals surface area contributed by atoms with E-state index in [2.05, 4.69) is 219 Å². The second kappa shape index (κ2) is 11.9. The van der Waals surface area contributed by atoms with Crippen LogP contribution in [-0.2, 0) is 10.8 Å². The predicted octanol–water partition coefficient (Wildman–Crippen LogP) is 14.2. The summed E-state index contributed by atoms with van der Waals surface area (Å²) >= 11 is 0. The largest absolute Gasteiger partial charge is 0.309 e. The molecule has 0 spiro atoms. The van der Waals surface area contributed by atoms with E-state index in [9.17, 15) is 0 Å². The molecule has 56 heavy (non-hydrogen) atoms. The summed E-state index contributed by atoms with van der Waals surface area (Å²) in [7, 11) is 0. The first-order valence-corrected chi connectivity index (χ1v) is 19.8. The highest BCUT2D eigenvalue weighted by Gasteiger charge is 2.45. The molecule has 1 aliphatic rings. The van der Waals surface area contributed by atoms with Crippen molar-refractivity contribution < 1.29 is 0 Å². The molecule has 0 unspecified atom stereocenters. The molecule has 0 amide bonds. The first kappa shape index (κ1) is 32.8. The lowest BCUT2D eigenvalue weighted by atomic mass is 9.58. The summed E-state index contributed by atoms with van der Waals surface area (Å²) in [6.45, 7) is 9.81. The number of hydrogen-bond donors (Lipinski definition) is 0. The Bertz CT molecular complexity index is 3160. The van der Waals surface area contributed by atoms with Gasteiger partial charge in [-0.05, 0) is 93.0 Å². The summed E-state index contributed by atoms with van der Waals surface area (Å²) in [6.07, 6.45) is 0. The number of benzene rings is 8. The Kier molecular flexibility index (Phi) is 6.98. The Morgan fingerprint density at radius 1 is 0.321 bits per heavy atom. The van der Waals surface area contributed by atoms with Gasteiger partial charge in [0.1, 0.15) is 0 Å². The van der Waals surface area contributed by atoms with Gasteiger partial charge in [0.2, 0.25) is 0 Å². The summed E-state index contributed by atoms with van der Waals surface area (Å²) in [5, 5.41) is 5.31. The number of nitrogens with zero attached hydrogens (tertiary/aromatic N) is 2. The molecule has 0 fully saturated rings. The maximum atomic E-state index is 2.48. The molecule has 2 aromatic heterocycles. The molecule has 8 aromatic carbocycles. The van der Waals surface area contributed by atoms with Crippen LogP contribution in [0.4, 0.5) is 0 Å². The third-order valence-electron chi connectivity index (χ3n) is 12.7. The van der Waals surface area contributed by atoms with Crippen molar-refractivity contribution in [1.29, 1.82) is 0 Å². The average molecular weight is 719 g/mol. The molecule has 0 saturated heterocycles. The van der Waals surface area contributed by atoms with E-state index in [-0.39, 0.29) is 10.8 Å². The van der Waals surface area contributed by atoms with Crippen LogP contribution in [-0.4, -0.2) is 9.13 Å².